The lowest BCUT2D eigenvalue weighted by atomic mass is 10.2. The Kier molecular flexibility index (Phi) is 4.97. The number of likely N-dealkylation sites (N-methyl/N-ethyl adjacent to an activating group) is 1. The van der Waals surface area contributed by atoms with E-state index < -0.39 is 6.04 Å². The first-order valence-corrected chi connectivity index (χ1v) is 7.50. The number of nitrogens with two attached hydrogens (primary N) is 1. The van der Waals surface area contributed by atoms with E-state index in [-0.39, 0.29) is 24.2 Å². The van der Waals surface area contributed by atoms with Crippen molar-refractivity contribution in [2.24, 2.45) is 0 Å². The maximum Gasteiger partial charge on any atom is 0.268 e. The second-order valence-corrected chi connectivity index (χ2v) is 5.47. The minimum atomic E-state index is -0.639. The van der Waals surface area contributed by atoms with Crippen molar-refractivity contribution in [2.45, 2.75) is 13.0 Å². The number of nitrogens with one attached hydrogen (secondary N) is 2. The molecule has 21 heavy (non-hydrogen) atoms. The Labute approximate surface area is 126 Å². The van der Waals surface area contributed by atoms with Gasteiger partial charge in [0.25, 0.3) is 5.91 Å². The van der Waals surface area contributed by atoms with Crippen molar-refractivity contribution in [1.29, 1.82) is 0 Å². The molecule has 0 aliphatic carbocycles. The van der Waals surface area contributed by atoms with E-state index in [0.29, 0.717) is 29.7 Å². The van der Waals surface area contributed by atoms with Crippen LogP contribution in [0.3, 0.4) is 0 Å². The minimum Gasteiger partial charge on any atom is -0.382 e. The molecule has 1 atom stereocenters. The number of nitrogen functional groups attached to an aromatic ring is 1. The SMILES string of the molecule is CCNc1nc(N)c(C(=O)N2CCOCC2C(=O)NC)s1. The summed E-state index contributed by atoms with van der Waals surface area (Å²) in [5, 5.41) is 6.17. The zero-order chi connectivity index (χ0) is 15.4. The summed E-state index contributed by atoms with van der Waals surface area (Å²) in [5.74, 6) is -0.354. The van der Waals surface area contributed by atoms with Crippen LogP contribution in [0.15, 0.2) is 0 Å². The summed E-state index contributed by atoms with van der Waals surface area (Å²) in [6.45, 7) is 3.56. The van der Waals surface area contributed by atoms with Gasteiger partial charge in [0.1, 0.15) is 16.7 Å². The summed E-state index contributed by atoms with van der Waals surface area (Å²) < 4.78 is 5.28. The van der Waals surface area contributed by atoms with Crippen LogP contribution in [0.2, 0.25) is 0 Å². The third-order valence-corrected chi connectivity index (χ3v) is 4.13. The molecule has 1 saturated heterocycles. The maximum absolute atomic E-state index is 12.6. The highest BCUT2D eigenvalue weighted by molar-refractivity contribution is 7.18. The van der Waals surface area contributed by atoms with Crippen LogP contribution < -0.4 is 16.4 Å². The highest BCUT2D eigenvalue weighted by Gasteiger charge is 2.34. The van der Waals surface area contributed by atoms with Gasteiger partial charge in [0, 0.05) is 20.1 Å². The van der Waals surface area contributed by atoms with E-state index in [0.717, 1.165) is 0 Å². The van der Waals surface area contributed by atoms with Gasteiger partial charge in [-0.3, -0.25) is 9.59 Å². The largest absolute Gasteiger partial charge is 0.382 e. The van der Waals surface area contributed by atoms with E-state index in [9.17, 15) is 9.59 Å². The normalized spacial score (nSPS) is 18.4. The Morgan fingerprint density at radius 2 is 2.33 bits per heavy atom. The third kappa shape index (κ3) is 3.24. The molecule has 1 fully saturated rings. The monoisotopic (exact) mass is 313 g/mol. The smallest absolute Gasteiger partial charge is 0.268 e. The second-order valence-electron chi connectivity index (χ2n) is 4.47. The van der Waals surface area contributed by atoms with E-state index >= 15 is 0 Å². The van der Waals surface area contributed by atoms with Gasteiger partial charge in [-0.05, 0) is 6.92 Å². The van der Waals surface area contributed by atoms with Crippen molar-refractivity contribution in [3.05, 3.63) is 4.88 Å². The van der Waals surface area contributed by atoms with Crippen LogP contribution in [0.1, 0.15) is 16.6 Å². The molecule has 116 valence electrons. The number of rotatable bonds is 4. The highest BCUT2D eigenvalue weighted by Crippen LogP contribution is 2.27. The summed E-state index contributed by atoms with van der Waals surface area (Å²) >= 11 is 1.20. The molecule has 2 amide bonds. The lowest BCUT2D eigenvalue weighted by molar-refractivity contribution is -0.130. The van der Waals surface area contributed by atoms with Crippen molar-refractivity contribution < 1.29 is 14.3 Å². The van der Waals surface area contributed by atoms with Crippen molar-refractivity contribution in [2.75, 3.05) is 44.4 Å². The average Bonchev–Trinajstić information content (AvgIpc) is 2.86. The molecule has 0 saturated carbocycles. The zero-order valence-electron chi connectivity index (χ0n) is 12.0. The van der Waals surface area contributed by atoms with Gasteiger partial charge in [-0.25, -0.2) is 4.98 Å². The Hall–Kier alpha value is -1.87. The number of ether oxygens (including phenoxy) is 1. The van der Waals surface area contributed by atoms with Crippen LogP contribution in [-0.2, 0) is 9.53 Å². The van der Waals surface area contributed by atoms with E-state index in [2.05, 4.69) is 15.6 Å². The molecule has 2 heterocycles. The van der Waals surface area contributed by atoms with Crippen LogP contribution >= 0.6 is 11.3 Å². The lowest BCUT2D eigenvalue weighted by Gasteiger charge is -2.33. The average molecular weight is 313 g/mol. The van der Waals surface area contributed by atoms with Crippen LogP contribution in [0.4, 0.5) is 10.9 Å². The topological polar surface area (TPSA) is 110 Å². The van der Waals surface area contributed by atoms with Crippen molar-refractivity contribution in [3.8, 4) is 0 Å². The molecule has 1 unspecified atom stereocenters. The molecule has 0 aromatic carbocycles. The molecule has 8 nitrogen and oxygen atoms in total. The second kappa shape index (κ2) is 6.72. The third-order valence-electron chi connectivity index (χ3n) is 3.11. The van der Waals surface area contributed by atoms with Crippen LogP contribution in [0.25, 0.3) is 0 Å². The summed E-state index contributed by atoms with van der Waals surface area (Å²) in [6.07, 6.45) is 0. The van der Waals surface area contributed by atoms with E-state index in [4.69, 9.17) is 10.5 Å². The van der Waals surface area contributed by atoms with Gasteiger partial charge in [-0.1, -0.05) is 11.3 Å². The van der Waals surface area contributed by atoms with Gasteiger partial charge in [0.05, 0.1) is 13.2 Å². The first-order valence-electron chi connectivity index (χ1n) is 6.69. The standard InChI is InChI=1S/C12H19N5O3S/c1-3-15-12-16-9(13)8(21-12)11(19)17-4-5-20-6-7(17)10(18)14-2/h7H,3-6,13H2,1-2H3,(H,14,18)(H,15,16). The molecule has 4 N–H and O–H groups in total. The van der Waals surface area contributed by atoms with Crippen molar-refractivity contribution in [3.63, 3.8) is 0 Å². The lowest BCUT2D eigenvalue weighted by Crippen LogP contribution is -2.55. The van der Waals surface area contributed by atoms with Crippen LogP contribution in [-0.4, -0.2) is 61.1 Å². The predicted octanol–water partition coefficient (Wildman–Crippen LogP) is -0.256. The highest BCUT2D eigenvalue weighted by atomic mass is 32.1. The molecule has 9 heteroatoms. The number of nitrogens with zero attached hydrogens (tertiary/aromatic N) is 2. The van der Waals surface area contributed by atoms with Gasteiger partial charge in [0.15, 0.2) is 5.13 Å². The number of aromatic nitrogens is 1. The molecule has 2 rings (SSSR count). The quantitative estimate of drug-likeness (QED) is 0.707. The van der Waals surface area contributed by atoms with E-state index in [1.54, 1.807) is 0 Å². The Morgan fingerprint density at radius 1 is 1.57 bits per heavy atom. The molecule has 0 bridgehead atoms. The summed E-state index contributed by atoms with van der Waals surface area (Å²) in [6, 6.07) is -0.639. The first-order chi connectivity index (χ1) is 10.1. The fourth-order valence-electron chi connectivity index (χ4n) is 2.07. The molecule has 1 aliphatic heterocycles. The number of morpholine rings is 1. The summed E-state index contributed by atoms with van der Waals surface area (Å²) in [5.41, 5.74) is 5.81. The summed E-state index contributed by atoms with van der Waals surface area (Å²) in [4.78, 5) is 30.4. The number of thiazole rings is 1. The fraction of sp³-hybridized carbons (Fsp3) is 0.583. The molecule has 1 aromatic rings. The number of hydrogen-bond donors (Lipinski definition) is 3. The fourth-order valence-corrected chi connectivity index (χ4v) is 2.98. The predicted molar refractivity (Wildman–Crippen MR) is 80.4 cm³/mol. The van der Waals surface area contributed by atoms with Gasteiger partial charge in [-0.2, -0.15) is 0 Å². The Morgan fingerprint density at radius 3 is 3.00 bits per heavy atom. The summed E-state index contributed by atoms with van der Waals surface area (Å²) in [7, 11) is 1.53. The molecular weight excluding hydrogens is 294 g/mol. The van der Waals surface area contributed by atoms with Gasteiger partial charge in [-0.15, -0.1) is 0 Å². The number of hydrogen-bond acceptors (Lipinski definition) is 7. The Bertz CT molecular complexity index is 533. The van der Waals surface area contributed by atoms with Crippen molar-refractivity contribution >= 4 is 34.1 Å². The minimum absolute atomic E-state index is 0.183. The molecular formula is C12H19N5O3S. The number of carbonyl (C=O) groups is 2. The van der Waals surface area contributed by atoms with Gasteiger partial charge >= 0.3 is 0 Å². The van der Waals surface area contributed by atoms with Crippen LogP contribution in [0.5, 0.6) is 0 Å². The first kappa shape index (κ1) is 15.5. The van der Waals surface area contributed by atoms with E-state index in [1.807, 2.05) is 6.92 Å². The van der Waals surface area contributed by atoms with E-state index in [1.165, 1.54) is 23.3 Å². The van der Waals surface area contributed by atoms with Gasteiger partial charge < -0.3 is 26.0 Å². The number of anilines is 2. The molecule has 0 spiro atoms. The Balaban J connectivity index is 2.22. The maximum atomic E-state index is 12.6. The molecule has 1 aromatic heterocycles. The number of carbonyl (C=O) groups excluding carboxylic acids is 2. The van der Waals surface area contributed by atoms with Crippen LogP contribution in [0, 0.1) is 0 Å². The zero-order valence-corrected chi connectivity index (χ0v) is 12.8. The molecule has 1 aliphatic rings. The number of amides is 2. The van der Waals surface area contributed by atoms with Gasteiger partial charge in [0.2, 0.25) is 5.91 Å². The molecule has 0 radical (unpaired) electrons. The van der Waals surface area contributed by atoms with Crippen molar-refractivity contribution in [1.82, 2.24) is 15.2 Å².